The van der Waals surface area contributed by atoms with Crippen LogP contribution >= 0.6 is 0 Å². The smallest absolute Gasteiger partial charge is 0.319 e. The van der Waals surface area contributed by atoms with Crippen LogP contribution in [-0.4, -0.2) is 32.0 Å². The van der Waals surface area contributed by atoms with Crippen LogP contribution in [0.25, 0.3) is 0 Å². The predicted octanol–water partition coefficient (Wildman–Crippen LogP) is 2.79. The van der Waals surface area contributed by atoms with Gasteiger partial charge in [-0.3, -0.25) is 9.79 Å². The highest BCUT2D eigenvalue weighted by molar-refractivity contribution is 6.07. The fourth-order valence-electron chi connectivity index (χ4n) is 2.45. The number of nitrogens with zero attached hydrogens (tertiary/aromatic N) is 1. The molecule has 2 atom stereocenters. The molecule has 0 aliphatic carbocycles. The number of hydrogen-bond donors (Lipinski definition) is 0. The second kappa shape index (κ2) is 6.18. The Bertz CT molecular complexity index is 498. The number of methoxy groups -OCH3 is 1. The Kier molecular flexibility index (Phi) is 4.55. The number of ether oxygens (including phenoxy) is 2. The second-order valence-electron chi connectivity index (χ2n) is 5.29. The average Bonchev–Trinajstić information content (AvgIpc) is 2.49. The summed E-state index contributed by atoms with van der Waals surface area (Å²) in [6.07, 6.45) is 0.669. The Balaban J connectivity index is 2.28. The van der Waals surface area contributed by atoms with Gasteiger partial charge in [0, 0.05) is 12.1 Å². The standard InChI is InChI=1S/C16H21NO3/c1-12(13-7-5-4-6-8-13)17-14-9-10-20-11-16(14,2)15(18)19-3/h4-8,12H,9-11H2,1-3H3/b17-14+/t12-,16?/m1/s1. The lowest BCUT2D eigenvalue weighted by atomic mass is 9.82. The van der Waals surface area contributed by atoms with Gasteiger partial charge in [-0.05, 0) is 19.4 Å². The molecule has 0 radical (unpaired) electrons. The third-order valence-electron chi connectivity index (χ3n) is 3.78. The van der Waals surface area contributed by atoms with E-state index in [2.05, 4.69) is 0 Å². The Labute approximate surface area is 119 Å². The van der Waals surface area contributed by atoms with Crippen LogP contribution in [0.15, 0.2) is 35.3 Å². The SMILES string of the molecule is COC(=O)C1(C)COCC/C1=N\[C@H](C)c1ccccc1. The highest BCUT2D eigenvalue weighted by Crippen LogP contribution is 2.30. The Morgan fingerprint density at radius 1 is 1.40 bits per heavy atom. The van der Waals surface area contributed by atoms with Crippen molar-refractivity contribution in [1.29, 1.82) is 0 Å². The van der Waals surface area contributed by atoms with Gasteiger partial charge in [0.2, 0.25) is 0 Å². The van der Waals surface area contributed by atoms with Gasteiger partial charge in [0.15, 0.2) is 0 Å². The van der Waals surface area contributed by atoms with Crippen LogP contribution in [0.3, 0.4) is 0 Å². The van der Waals surface area contributed by atoms with Crippen molar-refractivity contribution in [2.45, 2.75) is 26.3 Å². The molecule has 1 aliphatic rings. The van der Waals surface area contributed by atoms with Crippen LogP contribution in [-0.2, 0) is 14.3 Å². The maximum absolute atomic E-state index is 12.0. The van der Waals surface area contributed by atoms with E-state index in [0.717, 1.165) is 11.3 Å². The van der Waals surface area contributed by atoms with Gasteiger partial charge >= 0.3 is 5.97 Å². The molecular formula is C16H21NO3. The summed E-state index contributed by atoms with van der Waals surface area (Å²) >= 11 is 0. The normalized spacial score (nSPS) is 26.2. The maximum Gasteiger partial charge on any atom is 0.319 e. The van der Waals surface area contributed by atoms with Crippen molar-refractivity contribution in [2.24, 2.45) is 10.4 Å². The molecule has 4 heteroatoms. The molecule has 4 nitrogen and oxygen atoms in total. The van der Waals surface area contributed by atoms with Crippen molar-refractivity contribution in [3.8, 4) is 0 Å². The molecule has 1 aliphatic heterocycles. The van der Waals surface area contributed by atoms with Gasteiger partial charge in [0.05, 0.1) is 26.4 Å². The zero-order valence-corrected chi connectivity index (χ0v) is 12.3. The van der Waals surface area contributed by atoms with Crippen LogP contribution in [0.4, 0.5) is 0 Å². The minimum absolute atomic E-state index is 0.0216. The first-order valence-electron chi connectivity index (χ1n) is 6.86. The van der Waals surface area contributed by atoms with Crippen molar-refractivity contribution >= 4 is 11.7 Å². The summed E-state index contributed by atoms with van der Waals surface area (Å²) in [7, 11) is 1.40. The van der Waals surface area contributed by atoms with E-state index in [9.17, 15) is 4.79 Å². The molecule has 0 amide bonds. The van der Waals surface area contributed by atoms with E-state index in [0.29, 0.717) is 19.6 Å². The number of esters is 1. The average molecular weight is 275 g/mol. The number of benzene rings is 1. The summed E-state index contributed by atoms with van der Waals surface area (Å²) in [5.41, 5.74) is 1.24. The van der Waals surface area contributed by atoms with E-state index in [1.165, 1.54) is 7.11 Å². The minimum atomic E-state index is -0.768. The van der Waals surface area contributed by atoms with Gasteiger partial charge < -0.3 is 9.47 Å². The summed E-state index contributed by atoms with van der Waals surface area (Å²) in [6, 6.07) is 10.1. The van der Waals surface area contributed by atoms with Crippen LogP contribution < -0.4 is 0 Å². The van der Waals surface area contributed by atoms with Crippen molar-refractivity contribution < 1.29 is 14.3 Å². The fraction of sp³-hybridized carbons (Fsp3) is 0.500. The van der Waals surface area contributed by atoms with Gasteiger partial charge in [0.1, 0.15) is 5.41 Å². The van der Waals surface area contributed by atoms with E-state index >= 15 is 0 Å². The summed E-state index contributed by atoms with van der Waals surface area (Å²) < 4.78 is 10.4. The van der Waals surface area contributed by atoms with Crippen LogP contribution in [0.2, 0.25) is 0 Å². The zero-order valence-electron chi connectivity index (χ0n) is 12.3. The Morgan fingerprint density at radius 2 is 2.10 bits per heavy atom. The number of hydrogen-bond acceptors (Lipinski definition) is 4. The summed E-state index contributed by atoms with van der Waals surface area (Å²) in [5, 5.41) is 0. The molecule has 0 bridgehead atoms. The molecule has 0 N–H and O–H groups in total. The van der Waals surface area contributed by atoms with Crippen molar-refractivity contribution in [1.82, 2.24) is 0 Å². The first-order valence-corrected chi connectivity index (χ1v) is 6.86. The molecule has 1 aromatic rings. The van der Waals surface area contributed by atoms with E-state index in [-0.39, 0.29) is 12.0 Å². The number of rotatable bonds is 3. The highest BCUT2D eigenvalue weighted by Gasteiger charge is 2.42. The van der Waals surface area contributed by atoms with Gasteiger partial charge in [-0.2, -0.15) is 0 Å². The number of carbonyl (C=O) groups is 1. The molecule has 1 unspecified atom stereocenters. The highest BCUT2D eigenvalue weighted by atomic mass is 16.5. The van der Waals surface area contributed by atoms with Crippen LogP contribution in [0.5, 0.6) is 0 Å². The minimum Gasteiger partial charge on any atom is -0.468 e. The van der Waals surface area contributed by atoms with Gasteiger partial charge in [0.25, 0.3) is 0 Å². The molecule has 1 heterocycles. The summed E-state index contributed by atoms with van der Waals surface area (Å²) in [6.45, 7) is 4.82. The third kappa shape index (κ3) is 2.90. The molecular weight excluding hydrogens is 254 g/mol. The monoisotopic (exact) mass is 275 g/mol. The second-order valence-corrected chi connectivity index (χ2v) is 5.29. The summed E-state index contributed by atoms with van der Waals surface area (Å²) in [5.74, 6) is -0.281. The van der Waals surface area contributed by atoms with Crippen molar-refractivity contribution in [2.75, 3.05) is 20.3 Å². The van der Waals surface area contributed by atoms with Gasteiger partial charge in [-0.15, -0.1) is 0 Å². The molecule has 0 aromatic heterocycles. The van der Waals surface area contributed by atoms with Crippen molar-refractivity contribution in [3.05, 3.63) is 35.9 Å². The molecule has 0 saturated carbocycles. The molecule has 2 rings (SSSR count). The van der Waals surface area contributed by atoms with Crippen LogP contribution in [0, 0.1) is 5.41 Å². The lowest BCUT2D eigenvalue weighted by Gasteiger charge is -2.33. The Hall–Kier alpha value is -1.68. The lowest BCUT2D eigenvalue weighted by Crippen LogP contribution is -2.45. The summed E-state index contributed by atoms with van der Waals surface area (Å²) in [4.78, 5) is 16.8. The third-order valence-corrected chi connectivity index (χ3v) is 3.78. The van der Waals surface area contributed by atoms with E-state index < -0.39 is 5.41 Å². The molecule has 108 valence electrons. The first kappa shape index (κ1) is 14.7. The quantitative estimate of drug-likeness (QED) is 0.797. The topological polar surface area (TPSA) is 47.9 Å². The Morgan fingerprint density at radius 3 is 2.75 bits per heavy atom. The number of carbonyl (C=O) groups excluding carboxylic acids is 1. The maximum atomic E-state index is 12.0. The van der Waals surface area contributed by atoms with Gasteiger partial charge in [-0.25, -0.2) is 0 Å². The molecule has 1 fully saturated rings. The molecule has 1 saturated heterocycles. The largest absolute Gasteiger partial charge is 0.468 e. The van der Waals surface area contributed by atoms with Gasteiger partial charge in [-0.1, -0.05) is 30.3 Å². The van der Waals surface area contributed by atoms with E-state index in [1.807, 2.05) is 44.2 Å². The number of aliphatic imine (C=N–C) groups is 1. The first-order chi connectivity index (χ1) is 9.58. The molecule has 0 spiro atoms. The molecule has 1 aromatic carbocycles. The zero-order chi connectivity index (χ0) is 14.6. The molecule has 20 heavy (non-hydrogen) atoms. The van der Waals surface area contributed by atoms with E-state index in [1.54, 1.807) is 0 Å². The lowest BCUT2D eigenvalue weighted by molar-refractivity contribution is -0.151. The van der Waals surface area contributed by atoms with Crippen molar-refractivity contribution in [3.63, 3.8) is 0 Å². The van der Waals surface area contributed by atoms with Crippen LogP contribution in [0.1, 0.15) is 31.9 Å². The predicted molar refractivity (Wildman–Crippen MR) is 77.9 cm³/mol. The van der Waals surface area contributed by atoms with E-state index in [4.69, 9.17) is 14.5 Å². The fourth-order valence-corrected chi connectivity index (χ4v) is 2.45.